The van der Waals surface area contributed by atoms with Gasteiger partial charge in [0, 0.05) is 6.08 Å². The monoisotopic (exact) mass is 216 g/mol. The molecule has 0 aliphatic rings. The normalized spacial score (nSPS) is 10.7. The topological polar surface area (TPSA) is 43.4 Å². The van der Waals surface area contributed by atoms with Crippen LogP contribution in [0.5, 0.6) is 5.75 Å². The van der Waals surface area contributed by atoms with Crippen molar-refractivity contribution in [2.75, 3.05) is 0 Å². The summed E-state index contributed by atoms with van der Waals surface area (Å²) in [6.07, 6.45) is 3.63. The highest BCUT2D eigenvalue weighted by atomic mass is 16.5. The first-order valence-corrected chi connectivity index (χ1v) is 4.73. The Labute approximate surface area is 94.0 Å². The Morgan fingerprint density at radius 3 is 2.44 bits per heavy atom. The van der Waals surface area contributed by atoms with Crippen LogP contribution in [0.15, 0.2) is 42.5 Å². The van der Waals surface area contributed by atoms with Crippen LogP contribution in [0.25, 0.3) is 6.08 Å². The lowest BCUT2D eigenvalue weighted by molar-refractivity contribution is -0.128. The molecule has 3 heteroatoms. The SMILES string of the molecule is C=CC(=O)Oc1ccc(/C=C(\C)C=O)cc1. The number of aldehydes is 1. The Hall–Kier alpha value is -2.16. The Bertz CT molecular complexity index is 427. The van der Waals surface area contributed by atoms with Crippen LogP contribution in [0.1, 0.15) is 12.5 Å². The van der Waals surface area contributed by atoms with Gasteiger partial charge in [0.15, 0.2) is 0 Å². The van der Waals surface area contributed by atoms with Crippen molar-refractivity contribution in [3.05, 3.63) is 48.1 Å². The van der Waals surface area contributed by atoms with Crippen molar-refractivity contribution < 1.29 is 14.3 Å². The van der Waals surface area contributed by atoms with E-state index in [-0.39, 0.29) is 0 Å². The van der Waals surface area contributed by atoms with E-state index >= 15 is 0 Å². The summed E-state index contributed by atoms with van der Waals surface area (Å²) in [6.45, 7) is 5.02. The smallest absolute Gasteiger partial charge is 0.335 e. The number of ether oxygens (including phenoxy) is 1. The lowest BCUT2D eigenvalue weighted by Gasteiger charge is -2.01. The molecule has 82 valence electrons. The molecule has 0 fully saturated rings. The van der Waals surface area contributed by atoms with Gasteiger partial charge in [-0.25, -0.2) is 4.79 Å². The predicted octanol–water partition coefficient (Wildman–Crippen LogP) is 2.38. The van der Waals surface area contributed by atoms with E-state index in [1.54, 1.807) is 37.3 Å². The zero-order chi connectivity index (χ0) is 12.0. The van der Waals surface area contributed by atoms with Crippen molar-refractivity contribution in [2.24, 2.45) is 0 Å². The van der Waals surface area contributed by atoms with E-state index in [1.165, 1.54) is 0 Å². The van der Waals surface area contributed by atoms with E-state index < -0.39 is 5.97 Å². The van der Waals surface area contributed by atoms with Crippen LogP contribution < -0.4 is 4.74 Å². The van der Waals surface area contributed by atoms with Crippen LogP contribution in [0.2, 0.25) is 0 Å². The fourth-order valence-electron chi connectivity index (χ4n) is 1.09. The van der Waals surface area contributed by atoms with Gasteiger partial charge in [0.1, 0.15) is 12.0 Å². The summed E-state index contributed by atoms with van der Waals surface area (Å²) in [7, 11) is 0. The van der Waals surface area contributed by atoms with E-state index in [4.69, 9.17) is 4.74 Å². The molecule has 0 unspecified atom stereocenters. The predicted molar refractivity (Wildman–Crippen MR) is 62.0 cm³/mol. The van der Waals surface area contributed by atoms with Crippen LogP contribution in [0.3, 0.4) is 0 Å². The van der Waals surface area contributed by atoms with E-state index in [0.29, 0.717) is 11.3 Å². The molecule has 0 saturated carbocycles. The molecule has 0 bridgehead atoms. The highest BCUT2D eigenvalue weighted by molar-refractivity contribution is 5.83. The molecule has 1 aromatic carbocycles. The van der Waals surface area contributed by atoms with Gasteiger partial charge in [-0.3, -0.25) is 4.79 Å². The van der Waals surface area contributed by atoms with Gasteiger partial charge in [-0.1, -0.05) is 18.7 Å². The van der Waals surface area contributed by atoms with E-state index in [0.717, 1.165) is 17.9 Å². The second kappa shape index (κ2) is 5.66. The number of benzene rings is 1. The van der Waals surface area contributed by atoms with E-state index in [1.807, 2.05) is 0 Å². The molecule has 0 saturated heterocycles. The molecule has 1 rings (SSSR count). The van der Waals surface area contributed by atoms with Crippen LogP contribution in [0, 0.1) is 0 Å². The number of hydrogen-bond acceptors (Lipinski definition) is 3. The second-order valence-corrected chi connectivity index (χ2v) is 3.20. The summed E-state index contributed by atoms with van der Waals surface area (Å²) in [5, 5.41) is 0. The quantitative estimate of drug-likeness (QED) is 0.336. The third-order valence-corrected chi connectivity index (χ3v) is 1.85. The first-order valence-electron chi connectivity index (χ1n) is 4.73. The van der Waals surface area contributed by atoms with Gasteiger partial charge in [-0.15, -0.1) is 0 Å². The molecule has 0 aromatic heterocycles. The maximum absolute atomic E-state index is 10.9. The number of hydrogen-bond donors (Lipinski definition) is 0. The van der Waals surface area contributed by atoms with Crippen LogP contribution in [0.4, 0.5) is 0 Å². The molecular formula is C13H12O3. The fourth-order valence-corrected chi connectivity index (χ4v) is 1.09. The molecule has 0 aliphatic heterocycles. The Balaban J connectivity index is 2.79. The van der Waals surface area contributed by atoms with Crippen LogP contribution >= 0.6 is 0 Å². The zero-order valence-corrected chi connectivity index (χ0v) is 8.97. The maximum atomic E-state index is 10.9. The standard InChI is InChI=1S/C13H12O3/c1-3-13(15)16-12-6-4-11(5-7-12)8-10(2)9-14/h3-9H,1H2,2H3/b10-8+. The molecular weight excluding hydrogens is 204 g/mol. The highest BCUT2D eigenvalue weighted by Gasteiger charge is 1.98. The molecule has 0 aliphatic carbocycles. The summed E-state index contributed by atoms with van der Waals surface area (Å²) >= 11 is 0. The summed E-state index contributed by atoms with van der Waals surface area (Å²) in [5.74, 6) is -0.0434. The van der Waals surface area contributed by atoms with Crippen molar-refractivity contribution in [1.29, 1.82) is 0 Å². The second-order valence-electron chi connectivity index (χ2n) is 3.20. The van der Waals surface area contributed by atoms with Crippen molar-refractivity contribution >= 4 is 18.3 Å². The average molecular weight is 216 g/mol. The van der Waals surface area contributed by atoms with Crippen molar-refractivity contribution in [1.82, 2.24) is 0 Å². The van der Waals surface area contributed by atoms with Gasteiger partial charge in [-0.05, 0) is 36.3 Å². The van der Waals surface area contributed by atoms with Gasteiger partial charge in [-0.2, -0.15) is 0 Å². The maximum Gasteiger partial charge on any atom is 0.335 e. The molecule has 0 amide bonds. The van der Waals surface area contributed by atoms with Gasteiger partial charge in [0.25, 0.3) is 0 Å². The molecule has 0 atom stereocenters. The first-order chi connectivity index (χ1) is 7.65. The fraction of sp³-hybridized carbons (Fsp3) is 0.0769. The largest absolute Gasteiger partial charge is 0.423 e. The zero-order valence-electron chi connectivity index (χ0n) is 8.97. The molecule has 0 N–H and O–H groups in total. The summed E-state index contributed by atoms with van der Waals surface area (Å²) < 4.78 is 4.90. The summed E-state index contributed by atoms with van der Waals surface area (Å²) in [4.78, 5) is 21.3. The minimum Gasteiger partial charge on any atom is -0.423 e. The Kier molecular flexibility index (Phi) is 4.21. The summed E-state index contributed by atoms with van der Waals surface area (Å²) in [6, 6.07) is 6.84. The lowest BCUT2D eigenvalue weighted by Crippen LogP contribution is -2.02. The number of carbonyl (C=O) groups is 2. The summed E-state index contributed by atoms with van der Waals surface area (Å²) in [5.41, 5.74) is 1.51. The van der Waals surface area contributed by atoms with Crippen molar-refractivity contribution in [2.45, 2.75) is 6.92 Å². The minimum absolute atomic E-state index is 0.450. The van der Waals surface area contributed by atoms with E-state index in [9.17, 15) is 9.59 Å². The molecule has 0 radical (unpaired) electrons. The van der Waals surface area contributed by atoms with Gasteiger partial charge in [0.05, 0.1) is 0 Å². The number of allylic oxidation sites excluding steroid dienone is 1. The minimum atomic E-state index is -0.493. The van der Waals surface area contributed by atoms with Crippen LogP contribution in [-0.4, -0.2) is 12.3 Å². The molecule has 0 heterocycles. The van der Waals surface area contributed by atoms with Crippen molar-refractivity contribution in [3.63, 3.8) is 0 Å². The van der Waals surface area contributed by atoms with Gasteiger partial charge >= 0.3 is 5.97 Å². The van der Waals surface area contributed by atoms with Gasteiger partial charge in [0.2, 0.25) is 0 Å². The van der Waals surface area contributed by atoms with Gasteiger partial charge < -0.3 is 4.74 Å². The number of esters is 1. The highest BCUT2D eigenvalue weighted by Crippen LogP contribution is 2.14. The lowest BCUT2D eigenvalue weighted by atomic mass is 10.1. The first kappa shape index (κ1) is 11.9. The molecule has 3 nitrogen and oxygen atoms in total. The Morgan fingerprint density at radius 1 is 1.31 bits per heavy atom. The van der Waals surface area contributed by atoms with Crippen molar-refractivity contribution in [3.8, 4) is 5.75 Å². The average Bonchev–Trinajstić information content (AvgIpc) is 2.31. The third-order valence-electron chi connectivity index (χ3n) is 1.85. The Morgan fingerprint density at radius 2 is 1.94 bits per heavy atom. The molecule has 1 aromatic rings. The third kappa shape index (κ3) is 3.53. The number of rotatable bonds is 4. The molecule has 16 heavy (non-hydrogen) atoms. The van der Waals surface area contributed by atoms with Crippen LogP contribution in [-0.2, 0) is 9.59 Å². The number of carbonyl (C=O) groups excluding carboxylic acids is 2. The van der Waals surface area contributed by atoms with E-state index in [2.05, 4.69) is 6.58 Å². The molecule has 0 spiro atoms.